The lowest BCUT2D eigenvalue weighted by molar-refractivity contribution is -0.127. The summed E-state index contributed by atoms with van der Waals surface area (Å²) in [6, 6.07) is 6.64. The van der Waals surface area contributed by atoms with E-state index in [1.54, 1.807) is 12.1 Å². The largest absolute Gasteiger partial charge is 0.350 e. The van der Waals surface area contributed by atoms with Gasteiger partial charge in [0.15, 0.2) is 0 Å². The summed E-state index contributed by atoms with van der Waals surface area (Å²) in [5.41, 5.74) is 7.29. The van der Waals surface area contributed by atoms with Crippen LogP contribution >= 0.6 is 0 Å². The van der Waals surface area contributed by atoms with Crippen LogP contribution in [0.15, 0.2) is 24.3 Å². The Hall–Kier alpha value is -2.41. The van der Waals surface area contributed by atoms with Crippen LogP contribution in [0.3, 0.4) is 0 Å². The first-order chi connectivity index (χ1) is 12.9. The summed E-state index contributed by atoms with van der Waals surface area (Å²) < 4.78 is 0. The lowest BCUT2D eigenvalue weighted by atomic mass is 10.1. The van der Waals surface area contributed by atoms with E-state index in [0.717, 1.165) is 31.5 Å². The minimum Gasteiger partial charge on any atom is -0.350 e. The van der Waals surface area contributed by atoms with E-state index < -0.39 is 6.04 Å². The van der Waals surface area contributed by atoms with Crippen LogP contribution in [-0.4, -0.2) is 48.3 Å². The maximum atomic E-state index is 12.4. The van der Waals surface area contributed by atoms with Gasteiger partial charge < -0.3 is 21.3 Å². The number of nitrogens with one attached hydrogen (secondary N) is 2. The molecule has 0 bridgehead atoms. The van der Waals surface area contributed by atoms with Crippen molar-refractivity contribution < 1.29 is 14.4 Å². The first kappa shape index (κ1) is 20.9. The van der Waals surface area contributed by atoms with E-state index in [1.807, 2.05) is 30.9 Å². The standard InChI is InChI=1S/C20H30N4O3/c1-14(2)18(21)19(26)23-13-17(25)22-12-15-6-8-16(9-7-15)20(27)24-10-4-3-5-11-24/h6-9,14,18H,3-5,10-13,21H2,1-2H3,(H,22,25)(H,23,26)/t18-/m0/s1. The van der Waals surface area contributed by atoms with Gasteiger partial charge in [0.1, 0.15) is 0 Å². The molecule has 1 aromatic carbocycles. The molecule has 1 fully saturated rings. The molecule has 7 nitrogen and oxygen atoms in total. The number of carbonyl (C=O) groups excluding carboxylic acids is 3. The molecule has 4 N–H and O–H groups in total. The molecular formula is C20H30N4O3. The summed E-state index contributed by atoms with van der Waals surface area (Å²) in [7, 11) is 0. The number of likely N-dealkylation sites (tertiary alicyclic amines) is 1. The zero-order chi connectivity index (χ0) is 19.8. The van der Waals surface area contributed by atoms with Crippen molar-refractivity contribution in [1.29, 1.82) is 0 Å². The molecule has 1 atom stereocenters. The molecule has 27 heavy (non-hydrogen) atoms. The van der Waals surface area contributed by atoms with Crippen LogP contribution in [0.25, 0.3) is 0 Å². The smallest absolute Gasteiger partial charge is 0.253 e. The van der Waals surface area contributed by atoms with Gasteiger partial charge in [0.25, 0.3) is 5.91 Å². The first-order valence-corrected chi connectivity index (χ1v) is 9.56. The number of amides is 3. The second-order valence-corrected chi connectivity index (χ2v) is 7.31. The lowest BCUT2D eigenvalue weighted by Gasteiger charge is -2.26. The van der Waals surface area contributed by atoms with Gasteiger partial charge >= 0.3 is 0 Å². The Labute approximate surface area is 160 Å². The minimum absolute atomic E-state index is 0.0132. The fourth-order valence-corrected chi connectivity index (χ4v) is 2.90. The van der Waals surface area contributed by atoms with Gasteiger partial charge in [-0.25, -0.2) is 0 Å². The quantitative estimate of drug-likeness (QED) is 0.663. The van der Waals surface area contributed by atoms with E-state index in [1.165, 1.54) is 6.42 Å². The monoisotopic (exact) mass is 374 g/mol. The average Bonchev–Trinajstić information content (AvgIpc) is 2.70. The highest BCUT2D eigenvalue weighted by atomic mass is 16.2. The Morgan fingerprint density at radius 1 is 1.04 bits per heavy atom. The molecule has 0 radical (unpaired) electrons. The summed E-state index contributed by atoms with van der Waals surface area (Å²) in [5.74, 6) is -0.540. The maximum Gasteiger partial charge on any atom is 0.253 e. The maximum absolute atomic E-state index is 12.4. The second-order valence-electron chi connectivity index (χ2n) is 7.31. The van der Waals surface area contributed by atoms with E-state index in [9.17, 15) is 14.4 Å². The second kappa shape index (κ2) is 10.1. The van der Waals surface area contributed by atoms with E-state index in [2.05, 4.69) is 10.6 Å². The number of nitrogens with two attached hydrogens (primary N) is 1. The summed E-state index contributed by atoms with van der Waals surface area (Å²) in [6.45, 7) is 5.58. The van der Waals surface area contributed by atoms with E-state index in [-0.39, 0.29) is 30.2 Å². The van der Waals surface area contributed by atoms with Crippen LogP contribution in [0.5, 0.6) is 0 Å². The number of hydrogen-bond donors (Lipinski definition) is 3. The van der Waals surface area contributed by atoms with Crippen molar-refractivity contribution in [3.8, 4) is 0 Å². The lowest BCUT2D eigenvalue weighted by Crippen LogP contribution is -2.47. The van der Waals surface area contributed by atoms with Crippen molar-refractivity contribution in [1.82, 2.24) is 15.5 Å². The molecule has 0 spiro atoms. The molecule has 2 rings (SSSR count). The molecule has 1 aromatic rings. The van der Waals surface area contributed by atoms with Crippen LogP contribution in [0.4, 0.5) is 0 Å². The molecule has 0 saturated carbocycles. The molecule has 1 aliphatic rings. The Morgan fingerprint density at radius 3 is 2.26 bits per heavy atom. The summed E-state index contributed by atoms with van der Waals surface area (Å²) >= 11 is 0. The molecular weight excluding hydrogens is 344 g/mol. The number of piperidine rings is 1. The topological polar surface area (TPSA) is 105 Å². The summed E-state index contributed by atoms with van der Waals surface area (Å²) in [4.78, 5) is 37.9. The van der Waals surface area contributed by atoms with Gasteiger partial charge in [0, 0.05) is 25.2 Å². The Bertz CT molecular complexity index is 652. The van der Waals surface area contributed by atoms with E-state index in [0.29, 0.717) is 12.1 Å². The van der Waals surface area contributed by atoms with E-state index >= 15 is 0 Å². The number of rotatable bonds is 7. The van der Waals surface area contributed by atoms with Crippen LogP contribution in [0, 0.1) is 5.92 Å². The molecule has 0 aromatic heterocycles. The fourth-order valence-electron chi connectivity index (χ4n) is 2.90. The molecule has 0 aliphatic carbocycles. The molecule has 0 unspecified atom stereocenters. The van der Waals surface area contributed by atoms with Gasteiger partial charge in [0.05, 0.1) is 12.6 Å². The average molecular weight is 374 g/mol. The number of hydrogen-bond acceptors (Lipinski definition) is 4. The predicted molar refractivity (Wildman–Crippen MR) is 104 cm³/mol. The van der Waals surface area contributed by atoms with Crippen molar-refractivity contribution in [2.45, 2.75) is 45.7 Å². The first-order valence-electron chi connectivity index (χ1n) is 9.56. The van der Waals surface area contributed by atoms with Gasteiger partial charge in [-0.15, -0.1) is 0 Å². The Kier molecular flexibility index (Phi) is 7.79. The molecule has 1 aliphatic heterocycles. The Balaban J connectivity index is 1.76. The molecule has 1 heterocycles. The van der Waals surface area contributed by atoms with Crippen LogP contribution in [-0.2, 0) is 16.1 Å². The van der Waals surface area contributed by atoms with Gasteiger partial charge in [-0.3, -0.25) is 14.4 Å². The Morgan fingerprint density at radius 2 is 1.67 bits per heavy atom. The molecule has 1 saturated heterocycles. The third kappa shape index (κ3) is 6.36. The fraction of sp³-hybridized carbons (Fsp3) is 0.550. The normalized spacial score (nSPS) is 15.3. The minimum atomic E-state index is -0.622. The summed E-state index contributed by atoms with van der Waals surface area (Å²) in [5, 5.41) is 5.28. The number of nitrogens with zero attached hydrogens (tertiary/aromatic N) is 1. The van der Waals surface area contributed by atoms with Crippen molar-refractivity contribution in [2.75, 3.05) is 19.6 Å². The van der Waals surface area contributed by atoms with Gasteiger partial charge in [0.2, 0.25) is 11.8 Å². The highest BCUT2D eigenvalue weighted by Gasteiger charge is 2.18. The molecule has 148 valence electrons. The van der Waals surface area contributed by atoms with E-state index in [4.69, 9.17) is 5.73 Å². The van der Waals surface area contributed by atoms with Crippen LogP contribution in [0.1, 0.15) is 49.0 Å². The number of carbonyl (C=O) groups is 3. The van der Waals surface area contributed by atoms with Crippen molar-refractivity contribution in [3.63, 3.8) is 0 Å². The SMILES string of the molecule is CC(C)[C@H](N)C(=O)NCC(=O)NCc1ccc(C(=O)N2CCCCC2)cc1. The molecule has 7 heteroatoms. The highest BCUT2D eigenvalue weighted by molar-refractivity contribution is 5.94. The van der Waals surface area contributed by atoms with Crippen molar-refractivity contribution in [2.24, 2.45) is 11.7 Å². The van der Waals surface area contributed by atoms with Gasteiger partial charge in [-0.2, -0.15) is 0 Å². The predicted octanol–water partition coefficient (Wildman–Crippen LogP) is 1.03. The van der Waals surface area contributed by atoms with Gasteiger partial charge in [-0.05, 0) is 42.9 Å². The zero-order valence-electron chi connectivity index (χ0n) is 16.2. The third-order valence-corrected chi connectivity index (χ3v) is 4.78. The molecule has 3 amide bonds. The zero-order valence-corrected chi connectivity index (χ0v) is 16.2. The number of benzene rings is 1. The van der Waals surface area contributed by atoms with Crippen LogP contribution in [0.2, 0.25) is 0 Å². The highest BCUT2D eigenvalue weighted by Crippen LogP contribution is 2.13. The van der Waals surface area contributed by atoms with Crippen molar-refractivity contribution >= 4 is 17.7 Å². The van der Waals surface area contributed by atoms with Crippen LogP contribution < -0.4 is 16.4 Å². The third-order valence-electron chi connectivity index (χ3n) is 4.78. The summed E-state index contributed by atoms with van der Waals surface area (Å²) in [6.07, 6.45) is 3.31. The van der Waals surface area contributed by atoms with Crippen molar-refractivity contribution in [3.05, 3.63) is 35.4 Å². The van der Waals surface area contributed by atoms with Gasteiger partial charge in [-0.1, -0.05) is 26.0 Å².